The number of rotatable bonds is 6. The number of aliphatic hydroxyl groups excluding tert-OH is 1. The van der Waals surface area contributed by atoms with Crippen LogP contribution in [0.5, 0.6) is 0 Å². The largest absolute Gasteiger partial charge is 0.395 e. The van der Waals surface area contributed by atoms with Crippen molar-refractivity contribution >= 4 is 22.7 Å². The second-order valence-corrected chi connectivity index (χ2v) is 7.35. The van der Waals surface area contributed by atoms with E-state index in [0.29, 0.717) is 6.04 Å². The maximum Gasteiger partial charge on any atom is 0.124 e. The van der Waals surface area contributed by atoms with Gasteiger partial charge in [0, 0.05) is 55.1 Å². The van der Waals surface area contributed by atoms with Gasteiger partial charge in [-0.2, -0.15) is 11.3 Å². The van der Waals surface area contributed by atoms with E-state index in [4.69, 9.17) is 4.98 Å². The average Bonchev–Trinajstić information content (AvgIpc) is 3.21. The van der Waals surface area contributed by atoms with Crippen molar-refractivity contribution < 1.29 is 5.11 Å². The lowest BCUT2D eigenvalue weighted by molar-refractivity contribution is 0.0604. The molecule has 0 bridgehead atoms. The van der Waals surface area contributed by atoms with Gasteiger partial charge in [0.1, 0.15) is 5.01 Å². The van der Waals surface area contributed by atoms with Crippen molar-refractivity contribution in [3.63, 3.8) is 0 Å². The molecular weight excluding hydrogens is 314 g/mol. The lowest BCUT2D eigenvalue weighted by Crippen LogP contribution is -2.50. The van der Waals surface area contributed by atoms with E-state index in [9.17, 15) is 5.11 Å². The fourth-order valence-corrected chi connectivity index (χ4v) is 4.44. The molecule has 2 aromatic rings. The van der Waals surface area contributed by atoms with Crippen LogP contribution in [0, 0.1) is 0 Å². The molecular formula is C16H23N3OS2. The number of aromatic nitrogens is 1. The standard InChI is InChI=1S/C16H23N3OS2/c1-2-15(10-20)19-6-4-18(5-7-19)9-14-12-22-16(17-14)13-3-8-21-11-13/h3,8,11-12,15,20H,2,4-7,9-10H2,1H3. The number of thiazole rings is 1. The first kappa shape index (κ1) is 16.1. The number of hydrogen-bond donors (Lipinski definition) is 1. The number of aliphatic hydroxyl groups is 1. The molecule has 4 nitrogen and oxygen atoms in total. The van der Waals surface area contributed by atoms with Gasteiger partial charge in [-0.05, 0) is 17.9 Å². The van der Waals surface area contributed by atoms with Gasteiger partial charge in [-0.25, -0.2) is 4.98 Å². The van der Waals surface area contributed by atoms with Gasteiger partial charge in [0.25, 0.3) is 0 Å². The zero-order chi connectivity index (χ0) is 15.4. The minimum absolute atomic E-state index is 0.270. The monoisotopic (exact) mass is 337 g/mol. The maximum absolute atomic E-state index is 9.41. The summed E-state index contributed by atoms with van der Waals surface area (Å²) in [5, 5.41) is 17.0. The second-order valence-electron chi connectivity index (χ2n) is 5.71. The fourth-order valence-electron chi connectivity index (χ4n) is 2.92. The van der Waals surface area contributed by atoms with Crippen molar-refractivity contribution in [3.05, 3.63) is 27.9 Å². The third kappa shape index (κ3) is 3.75. The summed E-state index contributed by atoms with van der Waals surface area (Å²) in [6, 6.07) is 2.46. The first-order chi connectivity index (χ1) is 10.8. The summed E-state index contributed by atoms with van der Waals surface area (Å²) < 4.78 is 0. The quantitative estimate of drug-likeness (QED) is 0.880. The summed E-state index contributed by atoms with van der Waals surface area (Å²) >= 11 is 3.45. The molecule has 1 atom stereocenters. The number of piperazine rings is 1. The Bertz CT molecular complexity index is 558. The van der Waals surface area contributed by atoms with Crippen LogP contribution in [0.3, 0.4) is 0 Å². The number of thiophene rings is 1. The lowest BCUT2D eigenvalue weighted by Gasteiger charge is -2.38. The summed E-state index contributed by atoms with van der Waals surface area (Å²) in [6.07, 6.45) is 1.02. The highest BCUT2D eigenvalue weighted by molar-refractivity contribution is 7.14. The molecule has 1 saturated heterocycles. The van der Waals surface area contributed by atoms with Gasteiger partial charge in [-0.15, -0.1) is 11.3 Å². The van der Waals surface area contributed by atoms with Crippen LogP contribution in [0.2, 0.25) is 0 Å². The minimum atomic E-state index is 0.270. The Morgan fingerprint density at radius 2 is 2.09 bits per heavy atom. The minimum Gasteiger partial charge on any atom is -0.395 e. The summed E-state index contributed by atoms with van der Waals surface area (Å²) in [6.45, 7) is 7.55. The molecule has 1 N–H and O–H groups in total. The molecule has 1 fully saturated rings. The molecule has 0 spiro atoms. The Labute approximate surface area is 140 Å². The molecule has 22 heavy (non-hydrogen) atoms. The first-order valence-corrected chi connectivity index (χ1v) is 9.66. The van der Waals surface area contributed by atoms with Crippen LogP contribution in [0.4, 0.5) is 0 Å². The van der Waals surface area contributed by atoms with Crippen LogP contribution in [0.25, 0.3) is 10.6 Å². The van der Waals surface area contributed by atoms with Crippen LogP contribution in [-0.4, -0.2) is 58.7 Å². The predicted molar refractivity (Wildman–Crippen MR) is 93.4 cm³/mol. The van der Waals surface area contributed by atoms with E-state index >= 15 is 0 Å². The van der Waals surface area contributed by atoms with Crippen molar-refractivity contribution in [1.29, 1.82) is 0 Å². The Kier molecular flexibility index (Phi) is 5.60. The summed E-state index contributed by atoms with van der Waals surface area (Å²) in [5.41, 5.74) is 2.41. The predicted octanol–water partition coefficient (Wildman–Crippen LogP) is 2.76. The highest BCUT2D eigenvalue weighted by Crippen LogP contribution is 2.26. The third-order valence-corrected chi connectivity index (χ3v) is 5.93. The Morgan fingerprint density at radius 1 is 1.27 bits per heavy atom. The highest BCUT2D eigenvalue weighted by Gasteiger charge is 2.22. The molecule has 0 saturated carbocycles. The summed E-state index contributed by atoms with van der Waals surface area (Å²) in [5.74, 6) is 0. The molecule has 0 amide bonds. The molecule has 0 aromatic carbocycles. The third-order valence-electron chi connectivity index (χ3n) is 4.31. The first-order valence-electron chi connectivity index (χ1n) is 7.84. The van der Waals surface area contributed by atoms with Crippen molar-refractivity contribution in [3.8, 4) is 10.6 Å². The zero-order valence-corrected chi connectivity index (χ0v) is 14.6. The Balaban J connectivity index is 1.53. The van der Waals surface area contributed by atoms with Gasteiger partial charge in [-0.1, -0.05) is 6.92 Å². The molecule has 1 aliphatic heterocycles. The molecule has 120 valence electrons. The summed E-state index contributed by atoms with van der Waals surface area (Å²) in [7, 11) is 0. The molecule has 1 unspecified atom stereocenters. The van der Waals surface area contributed by atoms with Crippen LogP contribution in [-0.2, 0) is 6.54 Å². The molecule has 6 heteroatoms. The smallest absolute Gasteiger partial charge is 0.124 e. The fraction of sp³-hybridized carbons (Fsp3) is 0.562. The van der Waals surface area contributed by atoms with Gasteiger partial charge in [-0.3, -0.25) is 9.80 Å². The van der Waals surface area contributed by atoms with Crippen molar-refractivity contribution in [2.24, 2.45) is 0 Å². The Morgan fingerprint density at radius 3 is 2.73 bits per heavy atom. The second kappa shape index (κ2) is 7.66. The van der Waals surface area contributed by atoms with E-state index in [1.165, 1.54) is 11.3 Å². The molecule has 3 rings (SSSR count). The van der Waals surface area contributed by atoms with Crippen molar-refractivity contribution in [1.82, 2.24) is 14.8 Å². The molecule has 0 aliphatic carbocycles. The van der Waals surface area contributed by atoms with E-state index in [1.54, 1.807) is 22.7 Å². The normalized spacial score (nSPS) is 18.6. The number of hydrogen-bond acceptors (Lipinski definition) is 6. The van der Waals surface area contributed by atoms with Crippen LogP contribution in [0.15, 0.2) is 22.2 Å². The molecule has 1 aliphatic rings. The SMILES string of the molecule is CCC(CO)N1CCN(Cc2csc(-c3ccsc3)n2)CC1. The molecule has 0 radical (unpaired) electrons. The van der Waals surface area contributed by atoms with E-state index in [1.807, 2.05) is 0 Å². The highest BCUT2D eigenvalue weighted by atomic mass is 32.1. The van der Waals surface area contributed by atoms with E-state index in [-0.39, 0.29) is 6.61 Å². The van der Waals surface area contributed by atoms with Crippen LogP contribution in [0.1, 0.15) is 19.0 Å². The van der Waals surface area contributed by atoms with Gasteiger partial charge in [0.05, 0.1) is 12.3 Å². The van der Waals surface area contributed by atoms with Crippen LogP contribution < -0.4 is 0 Å². The van der Waals surface area contributed by atoms with Crippen LogP contribution >= 0.6 is 22.7 Å². The molecule has 3 heterocycles. The van der Waals surface area contributed by atoms with Gasteiger partial charge in [0.2, 0.25) is 0 Å². The maximum atomic E-state index is 9.41. The average molecular weight is 338 g/mol. The van der Waals surface area contributed by atoms with Gasteiger partial charge >= 0.3 is 0 Å². The van der Waals surface area contributed by atoms with E-state index < -0.39 is 0 Å². The van der Waals surface area contributed by atoms with E-state index in [2.05, 4.69) is 38.9 Å². The number of nitrogens with zero attached hydrogens (tertiary/aromatic N) is 3. The van der Waals surface area contributed by atoms with Crippen molar-refractivity contribution in [2.45, 2.75) is 25.9 Å². The lowest BCUT2D eigenvalue weighted by atomic mass is 10.1. The topological polar surface area (TPSA) is 39.6 Å². The zero-order valence-electron chi connectivity index (χ0n) is 12.9. The van der Waals surface area contributed by atoms with Crippen molar-refractivity contribution in [2.75, 3.05) is 32.8 Å². The molecule has 2 aromatic heterocycles. The van der Waals surface area contributed by atoms with Gasteiger partial charge in [0.15, 0.2) is 0 Å². The van der Waals surface area contributed by atoms with Gasteiger partial charge < -0.3 is 5.11 Å². The Hall–Kier alpha value is -0.790. The van der Waals surface area contributed by atoms with E-state index in [0.717, 1.165) is 44.2 Å². The summed E-state index contributed by atoms with van der Waals surface area (Å²) in [4.78, 5) is 9.64.